The maximum atomic E-state index is 14.3. The van der Waals surface area contributed by atoms with Crippen LogP contribution in [-0.2, 0) is 5.54 Å². The third kappa shape index (κ3) is 6.40. The number of nitrogens with zero attached hydrogens (tertiary/aromatic N) is 3. The summed E-state index contributed by atoms with van der Waals surface area (Å²) < 4.78 is 110. The molecule has 0 saturated carbocycles. The van der Waals surface area contributed by atoms with Gasteiger partial charge in [-0.2, -0.15) is 26.3 Å². The minimum absolute atomic E-state index is 0.131. The number of thiazole rings is 1. The number of carbonyl (C=O) groups is 2. The molecule has 0 radical (unpaired) electrons. The molecule has 1 aliphatic heterocycles. The second-order valence-corrected chi connectivity index (χ2v) is 11.4. The first-order chi connectivity index (χ1) is 19.2. The Morgan fingerprint density at radius 1 is 1.14 bits per heavy atom. The number of rotatable bonds is 8. The Bertz CT molecular complexity index is 1320. The molecule has 2 aromatic rings. The molecule has 232 valence electrons. The van der Waals surface area contributed by atoms with Gasteiger partial charge in [0.05, 0.1) is 10.5 Å². The molecule has 0 spiro atoms. The third-order valence-corrected chi connectivity index (χ3v) is 7.76. The molecule has 0 bridgehead atoms. The van der Waals surface area contributed by atoms with E-state index in [4.69, 9.17) is 0 Å². The molecular weight excluding hydrogens is 604 g/mol. The van der Waals surface area contributed by atoms with E-state index in [0.717, 1.165) is 6.42 Å². The summed E-state index contributed by atoms with van der Waals surface area (Å²) in [7, 11) is 0. The second-order valence-electron chi connectivity index (χ2n) is 10.4. The van der Waals surface area contributed by atoms with Crippen molar-refractivity contribution < 1.29 is 49.8 Å². The summed E-state index contributed by atoms with van der Waals surface area (Å²) in [6.45, 7) is 4.45. The van der Waals surface area contributed by atoms with Crippen LogP contribution in [0.4, 0.5) is 35.1 Å². The standard InChI is InChI=1S/C25H26F8N4O4S/c1-12-6-4-5-9-37(12)21(39)16-17(42-20(35-16)19(38)34-11-22(2,3)40)14-8-7-13(10-15(14)18(26)27)23(36-41,24(28,29)30)25(31,32)33/h7-8,10,12,18,40H,4-6,9,11H2,1-3H3,(H,34,38)/t12-/m0/s1. The molecule has 1 aliphatic rings. The number of aliphatic hydroxyl groups is 1. The van der Waals surface area contributed by atoms with E-state index < -0.39 is 74.0 Å². The number of alkyl halides is 8. The predicted molar refractivity (Wildman–Crippen MR) is 135 cm³/mol. The van der Waals surface area contributed by atoms with Crippen molar-refractivity contribution >= 4 is 23.2 Å². The Kier molecular flexibility index (Phi) is 9.37. The van der Waals surface area contributed by atoms with E-state index in [9.17, 15) is 54.7 Å². The van der Waals surface area contributed by atoms with Crippen molar-refractivity contribution in [2.24, 2.45) is 5.18 Å². The molecule has 0 aliphatic carbocycles. The summed E-state index contributed by atoms with van der Waals surface area (Å²) in [4.78, 5) is 42.4. The Balaban J connectivity index is 2.25. The lowest BCUT2D eigenvalue weighted by atomic mass is 9.86. The lowest BCUT2D eigenvalue weighted by Crippen LogP contribution is -2.52. The average molecular weight is 631 g/mol. The van der Waals surface area contributed by atoms with Gasteiger partial charge in [-0.25, -0.2) is 13.8 Å². The monoisotopic (exact) mass is 630 g/mol. The molecule has 0 unspecified atom stereocenters. The van der Waals surface area contributed by atoms with E-state index in [2.05, 4.69) is 10.3 Å². The molecule has 2 N–H and O–H groups in total. The number of nitrogens with one attached hydrogen (secondary N) is 1. The summed E-state index contributed by atoms with van der Waals surface area (Å²) >= 11 is 0.411. The lowest BCUT2D eigenvalue weighted by molar-refractivity contribution is -0.301. The summed E-state index contributed by atoms with van der Waals surface area (Å²) in [5.41, 5.74) is -11.2. The number of aromatic nitrogens is 1. The van der Waals surface area contributed by atoms with Crippen molar-refractivity contribution in [2.45, 2.75) is 76.0 Å². The van der Waals surface area contributed by atoms with Crippen molar-refractivity contribution in [3.63, 3.8) is 0 Å². The molecular formula is C25H26F8N4O4S. The maximum absolute atomic E-state index is 14.3. The normalized spacial score (nSPS) is 17.0. The van der Waals surface area contributed by atoms with Crippen molar-refractivity contribution in [1.29, 1.82) is 0 Å². The number of halogens is 8. The van der Waals surface area contributed by atoms with E-state index in [1.54, 1.807) is 6.92 Å². The van der Waals surface area contributed by atoms with Gasteiger partial charge in [0, 0.05) is 35.8 Å². The number of piperidine rings is 1. The molecule has 1 fully saturated rings. The molecule has 17 heteroatoms. The van der Waals surface area contributed by atoms with E-state index in [0.29, 0.717) is 30.2 Å². The summed E-state index contributed by atoms with van der Waals surface area (Å²) in [5, 5.41) is 13.2. The summed E-state index contributed by atoms with van der Waals surface area (Å²) in [6, 6.07) is 0.211. The van der Waals surface area contributed by atoms with Crippen LogP contribution >= 0.6 is 11.3 Å². The first-order valence-corrected chi connectivity index (χ1v) is 13.3. The Hall–Kier alpha value is -3.21. The largest absolute Gasteiger partial charge is 0.430 e. The average Bonchev–Trinajstić information content (AvgIpc) is 3.31. The van der Waals surface area contributed by atoms with E-state index in [1.165, 1.54) is 23.9 Å². The highest BCUT2D eigenvalue weighted by molar-refractivity contribution is 7.17. The van der Waals surface area contributed by atoms with Gasteiger partial charge in [0.25, 0.3) is 18.2 Å². The number of carbonyl (C=O) groups excluding carboxylic acids is 2. The van der Waals surface area contributed by atoms with Gasteiger partial charge in [-0.05, 0) is 51.3 Å². The topological polar surface area (TPSA) is 112 Å². The first kappa shape index (κ1) is 33.3. The van der Waals surface area contributed by atoms with E-state index >= 15 is 0 Å². The van der Waals surface area contributed by atoms with Crippen LogP contribution in [0, 0.1) is 4.91 Å². The molecule has 1 aromatic carbocycles. The van der Waals surface area contributed by atoms with Crippen LogP contribution < -0.4 is 5.32 Å². The molecule has 2 heterocycles. The highest BCUT2D eigenvalue weighted by atomic mass is 32.1. The van der Waals surface area contributed by atoms with Crippen molar-refractivity contribution in [3.05, 3.63) is 44.9 Å². The molecule has 1 atom stereocenters. The van der Waals surface area contributed by atoms with Crippen LogP contribution in [0.1, 0.15) is 77.9 Å². The van der Waals surface area contributed by atoms with Gasteiger partial charge < -0.3 is 15.3 Å². The van der Waals surface area contributed by atoms with Crippen molar-refractivity contribution in [2.75, 3.05) is 13.1 Å². The van der Waals surface area contributed by atoms with Crippen LogP contribution in [0.3, 0.4) is 0 Å². The number of amides is 2. The van der Waals surface area contributed by atoms with Crippen molar-refractivity contribution in [3.8, 4) is 10.4 Å². The predicted octanol–water partition coefficient (Wildman–Crippen LogP) is 6.35. The Morgan fingerprint density at radius 2 is 1.76 bits per heavy atom. The lowest BCUT2D eigenvalue weighted by Gasteiger charge is -2.33. The highest BCUT2D eigenvalue weighted by Crippen LogP contribution is 2.54. The van der Waals surface area contributed by atoms with Crippen LogP contribution in [-0.4, -0.2) is 63.9 Å². The van der Waals surface area contributed by atoms with Crippen LogP contribution in [0.2, 0.25) is 0 Å². The van der Waals surface area contributed by atoms with Crippen LogP contribution in [0.25, 0.3) is 10.4 Å². The smallest absolute Gasteiger partial charge is 0.389 e. The quantitative estimate of drug-likeness (QED) is 0.261. The summed E-state index contributed by atoms with van der Waals surface area (Å²) in [6.07, 6.45) is -14.4. The van der Waals surface area contributed by atoms with Crippen LogP contribution in [0.5, 0.6) is 0 Å². The molecule has 3 rings (SSSR count). The SMILES string of the molecule is C[C@H]1CCCCN1C(=O)c1nc(C(=O)NCC(C)(C)O)sc1-c1ccc(C(N=O)(C(F)(F)F)C(F)(F)F)cc1C(F)F. The van der Waals surface area contributed by atoms with Crippen molar-refractivity contribution in [1.82, 2.24) is 15.2 Å². The molecule has 1 saturated heterocycles. The van der Waals surface area contributed by atoms with Gasteiger partial charge >= 0.3 is 17.9 Å². The van der Waals surface area contributed by atoms with Gasteiger partial charge in [-0.1, -0.05) is 12.1 Å². The van der Waals surface area contributed by atoms with E-state index in [-0.39, 0.29) is 31.3 Å². The zero-order valence-corrected chi connectivity index (χ0v) is 23.2. The minimum atomic E-state index is -6.34. The zero-order chi connectivity index (χ0) is 31.8. The fraction of sp³-hybridized carbons (Fsp3) is 0.560. The number of nitroso groups, excluding NO2 is 1. The van der Waals surface area contributed by atoms with Gasteiger partial charge in [0.2, 0.25) is 0 Å². The van der Waals surface area contributed by atoms with Crippen LogP contribution in [0.15, 0.2) is 23.4 Å². The second kappa shape index (κ2) is 11.8. The fourth-order valence-electron chi connectivity index (χ4n) is 4.47. The minimum Gasteiger partial charge on any atom is -0.389 e. The van der Waals surface area contributed by atoms with Gasteiger partial charge in [-0.15, -0.1) is 16.2 Å². The zero-order valence-electron chi connectivity index (χ0n) is 22.4. The number of hydrogen-bond donors (Lipinski definition) is 2. The highest BCUT2D eigenvalue weighted by Gasteiger charge is 2.74. The number of hydrogen-bond acceptors (Lipinski definition) is 7. The van der Waals surface area contributed by atoms with Gasteiger partial charge in [-0.3, -0.25) is 9.59 Å². The fourth-order valence-corrected chi connectivity index (χ4v) is 5.49. The molecule has 1 aromatic heterocycles. The first-order valence-electron chi connectivity index (χ1n) is 12.5. The molecule has 42 heavy (non-hydrogen) atoms. The summed E-state index contributed by atoms with van der Waals surface area (Å²) in [5.74, 6) is -1.70. The molecule has 8 nitrogen and oxygen atoms in total. The van der Waals surface area contributed by atoms with Gasteiger partial charge in [0.15, 0.2) is 5.01 Å². The maximum Gasteiger partial charge on any atom is 0.430 e. The molecule has 2 amide bonds. The van der Waals surface area contributed by atoms with E-state index in [1.807, 2.05) is 0 Å². The van der Waals surface area contributed by atoms with Gasteiger partial charge in [0.1, 0.15) is 5.69 Å². The third-order valence-electron chi connectivity index (χ3n) is 6.68. The Morgan fingerprint density at radius 3 is 2.26 bits per heavy atom. The number of benzene rings is 1. The Labute approximate surface area is 238 Å². The number of likely N-dealkylation sites (tertiary alicyclic amines) is 1.